The van der Waals surface area contributed by atoms with Crippen molar-refractivity contribution in [3.63, 3.8) is 0 Å². The number of aromatic nitrogens is 4. The number of anilines is 1. The molecule has 7 nitrogen and oxygen atoms in total. The Morgan fingerprint density at radius 2 is 2.24 bits per heavy atom. The average Bonchev–Trinajstić information content (AvgIpc) is 2.85. The number of halogens is 1. The number of nitrogens with one attached hydrogen (secondary N) is 1. The Balaban J connectivity index is 0.00000220. The van der Waals surface area contributed by atoms with Crippen LogP contribution >= 0.6 is 12.4 Å². The van der Waals surface area contributed by atoms with E-state index in [4.69, 9.17) is 5.73 Å². The second-order valence-electron chi connectivity index (χ2n) is 4.59. The second-order valence-corrected chi connectivity index (χ2v) is 4.59. The topological polar surface area (TPSA) is 98.7 Å². The molecule has 1 amide bonds. The van der Waals surface area contributed by atoms with E-state index in [2.05, 4.69) is 20.8 Å². The Hall–Kier alpha value is -1.99. The van der Waals surface area contributed by atoms with Gasteiger partial charge >= 0.3 is 0 Å². The van der Waals surface area contributed by atoms with Gasteiger partial charge in [-0.2, -0.15) is 0 Å². The summed E-state index contributed by atoms with van der Waals surface area (Å²) in [7, 11) is 1.76. The van der Waals surface area contributed by atoms with Gasteiger partial charge in [-0.25, -0.2) is 4.68 Å². The van der Waals surface area contributed by atoms with Crippen molar-refractivity contribution in [3.05, 3.63) is 24.3 Å². The van der Waals surface area contributed by atoms with Crippen molar-refractivity contribution in [3.8, 4) is 11.4 Å². The summed E-state index contributed by atoms with van der Waals surface area (Å²) in [6.07, 6.45) is 1.54. The molecule has 0 fully saturated rings. The summed E-state index contributed by atoms with van der Waals surface area (Å²) in [5, 5.41) is 14.1. The van der Waals surface area contributed by atoms with E-state index >= 15 is 0 Å². The predicted octanol–water partition coefficient (Wildman–Crippen LogP) is 1.36. The Bertz CT molecular complexity index is 600. The van der Waals surface area contributed by atoms with Gasteiger partial charge in [-0.05, 0) is 29.0 Å². The summed E-state index contributed by atoms with van der Waals surface area (Å²) in [6.45, 7) is 1.99. The minimum absolute atomic E-state index is 0. The molecule has 1 heterocycles. The molecule has 3 N–H and O–H groups in total. The molecule has 1 aromatic carbocycles. The van der Waals surface area contributed by atoms with Crippen LogP contribution in [0.5, 0.6) is 0 Å². The van der Waals surface area contributed by atoms with Crippen LogP contribution in [0.25, 0.3) is 11.4 Å². The van der Waals surface area contributed by atoms with Gasteiger partial charge in [0.1, 0.15) is 0 Å². The molecule has 0 aliphatic carbocycles. The number of amides is 1. The lowest BCUT2D eigenvalue weighted by Crippen LogP contribution is -2.35. The van der Waals surface area contributed by atoms with Crippen molar-refractivity contribution in [1.29, 1.82) is 0 Å². The molecule has 0 bridgehead atoms. The average molecular weight is 311 g/mol. The van der Waals surface area contributed by atoms with Gasteiger partial charge in [0.2, 0.25) is 5.91 Å². The van der Waals surface area contributed by atoms with Crippen molar-refractivity contribution >= 4 is 24.0 Å². The minimum Gasteiger partial charge on any atom is -0.325 e. The van der Waals surface area contributed by atoms with Crippen LogP contribution in [-0.4, -0.2) is 32.2 Å². The number of nitrogens with two attached hydrogens (primary N) is 1. The van der Waals surface area contributed by atoms with Crippen LogP contribution in [-0.2, 0) is 11.8 Å². The highest BCUT2D eigenvalue weighted by atomic mass is 35.5. The number of tetrazole rings is 1. The third kappa shape index (κ3) is 4.24. The number of benzene rings is 1. The largest absolute Gasteiger partial charge is 0.325 e. The van der Waals surface area contributed by atoms with Crippen LogP contribution in [0.4, 0.5) is 5.69 Å². The SMILES string of the molecule is CCCC(N)C(=O)Nc1cccc(-c2nnnn2C)c1.Cl. The highest BCUT2D eigenvalue weighted by molar-refractivity contribution is 5.95. The molecule has 0 saturated heterocycles. The molecule has 2 rings (SSSR count). The maximum Gasteiger partial charge on any atom is 0.241 e. The summed E-state index contributed by atoms with van der Waals surface area (Å²) in [5.74, 6) is 0.457. The summed E-state index contributed by atoms with van der Waals surface area (Å²) in [4.78, 5) is 11.9. The van der Waals surface area contributed by atoms with Gasteiger partial charge in [0, 0.05) is 18.3 Å². The number of hydrogen-bond donors (Lipinski definition) is 2. The lowest BCUT2D eigenvalue weighted by Gasteiger charge is -2.11. The Morgan fingerprint density at radius 1 is 1.48 bits per heavy atom. The predicted molar refractivity (Wildman–Crippen MR) is 83.0 cm³/mol. The molecular weight excluding hydrogens is 292 g/mol. The van der Waals surface area contributed by atoms with Crippen LogP contribution in [0.1, 0.15) is 19.8 Å². The molecule has 0 aliphatic rings. The molecule has 114 valence electrons. The first-order valence-corrected chi connectivity index (χ1v) is 6.51. The van der Waals surface area contributed by atoms with E-state index in [-0.39, 0.29) is 18.3 Å². The van der Waals surface area contributed by atoms with Crippen molar-refractivity contribution in [2.45, 2.75) is 25.8 Å². The van der Waals surface area contributed by atoms with E-state index in [0.717, 1.165) is 12.0 Å². The first-order chi connectivity index (χ1) is 9.61. The number of rotatable bonds is 5. The quantitative estimate of drug-likeness (QED) is 0.869. The molecule has 0 saturated carbocycles. The fourth-order valence-electron chi connectivity index (χ4n) is 1.89. The minimum atomic E-state index is -0.486. The zero-order valence-corrected chi connectivity index (χ0v) is 12.8. The maximum absolute atomic E-state index is 11.9. The molecule has 8 heteroatoms. The lowest BCUT2D eigenvalue weighted by atomic mass is 10.1. The smallest absolute Gasteiger partial charge is 0.241 e. The molecule has 21 heavy (non-hydrogen) atoms. The zero-order valence-electron chi connectivity index (χ0n) is 12.0. The van der Waals surface area contributed by atoms with E-state index in [0.29, 0.717) is 17.9 Å². The number of carbonyl (C=O) groups excluding carboxylic acids is 1. The monoisotopic (exact) mass is 310 g/mol. The maximum atomic E-state index is 11.9. The Kier molecular flexibility index (Phi) is 6.26. The van der Waals surface area contributed by atoms with Gasteiger partial charge in [-0.3, -0.25) is 4.79 Å². The van der Waals surface area contributed by atoms with Crippen molar-refractivity contribution < 1.29 is 4.79 Å². The number of carbonyl (C=O) groups is 1. The molecule has 2 aromatic rings. The van der Waals surface area contributed by atoms with Crippen molar-refractivity contribution in [2.24, 2.45) is 12.8 Å². The second kappa shape index (κ2) is 7.70. The van der Waals surface area contributed by atoms with Gasteiger partial charge in [-0.1, -0.05) is 25.5 Å². The summed E-state index contributed by atoms with van der Waals surface area (Å²) in [6, 6.07) is 6.87. The molecule has 0 spiro atoms. The molecule has 1 atom stereocenters. The molecule has 0 radical (unpaired) electrons. The third-order valence-electron chi connectivity index (χ3n) is 2.94. The summed E-state index contributed by atoms with van der Waals surface area (Å²) >= 11 is 0. The van der Waals surface area contributed by atoms with E-state index < -0.39 is 6.04 Å². The fourth-order valence-corrected chi connectivity index (χ4v) is 1.89. The lowest BCUT2D eigenvalue weighted by molar-refractivity contribution is -0.117. The van der Waals surface area contributed by atoms with Crippen LogP contribution < -0.4 is 11.1 Å². The molecule has 0 aliphatic heterocycles. The van der Waals surface area contributed by atoms with E-state index in [1.165, 1.54) is 0 Å². The van der Waals surface area contributed by atoms with Crippen LogP contribution in [0.15, 0.2) is 24.3 Å². The van der Waals surface area contributed by atoms with Gasteiger partial charge in [-0.15, -0.1) is 17.5 Å². The third-order valence-corrected chi connectivity index (χ3v) is 2.94. The first kappa shape index (κ1) is 17.1. The van der Waals surface area contributed by atoms with Crippen LogP contribution in [0.2, 0.25) is 0 Å². The molecule has 1 aromatic heterocycles. The highest BCUT2D eigenvalue weighted by Crippen LogP contribution is 2.19. The van der Waals surface area contributed by atoms with Gasteiger partial charge < -0.3 is 11.1 Å². The number of hydrogen-bond acceptors (Lipinski definition) is 5. The van der Waals surface area contributed by atoms with E-state index in [1.807, 2.05) is 31.2 Å². The molecular formula is C13H19ClN6O. The fraction of sp³-hybridized carbons (Fsp3) is 0.385. The van der Waals surface area contributed by atoms with Crippen molar-refractivity contribution in [1.82, 2.24) is 20.2 Å². The van der Waals surface area contributed by atoms with Crippen molar-refractivity contribution in [2.75, 3.05) is 5.32 Å². The van der Waals surface area contributed by atoms with Crippen LogP contribution in [0.3, 0.4) is 0 Å². The normalized spacial score (nSPS) is 11.6. The standard InChI is InChI=1S/C13H18N6O.ClH/c1-3-5-11(14)13(20)15-10-7-4-6-9(8-10)12-16-17-18-19(12)2;/h4,6-8,11H,3,5,14H2,1-2H3,(H,15,20);1H. The van der Waals surface area contributed by atoms with Gasteiger partial charge in [0.05, 0.1) is 6.04 Å². The molecule has 1 unspecified atom stereocenters. The summed E-state index contributed by atoms with van der Waals surface area (Å²) < 4.78 is 1.57. The first-order valence-electron chi connectivity index (χ1n) is 6.51. The summed E-state index contributed by atoms with van der Waals surface area (Å²) in [5.41, 5.74) is 7.30. The van der Waals surface area contributed by atoms with Gasteiger partial charge in [0.25, 0.3) is 0 Å². The Labute approximate surface area is 129 Å². The van der Waals surface area contributed by atoms with Crippen LogP contribution in [0, 0.1) is 0 Å². The van der Waals surface area contributed by atoms with Gasteiger partial charge in [0.15, 0.2) is 5.82 Å². The number of nitrogens with zero attached hydrogens (tertiary/aromatic N) is 4. The van der Waals surface area contributed by atoms with E-state index in [1.54, 1.807) is 11.7 Å². The highest BCUT2D eigenvalue weighted by Gasteiger charge is 2.13. The van der Waals surface area contributed by atoms with E-state index in [9.17, 15) is 4.79 Å². The Morgan fingerprint density at radius 3 is 2.86 bits per heavy atom. The number of aryl methyl sites for hydroxylation is 1. The zero-order chi connectivity index (χ0) is 14.5.